The van der Waals surface area contributed by atoms with Gasteiger partial charge in [0.05, 0.1) is 22.5 Å². The van der Waals surface area contributed by atoms with Gasteiger partial charge in [-0.25, -0.2) is 4.79 Å². The monoisotopic (exact) mass is 501 g/mol. The zero-order chi connectivity index (χ0) is 25.2. The molecule has 0 atom stereocenters. The molecule has 0 saturated carbocycles. The predicted molar refractivity (Wildman–Crippen MR) is 127 cm³/mol. The summed E-state index contributed by atoms with van der Waals surface area (Å²) < 4.78 is 46.7. The van der Waals surface area contributed by atoms with Gasteiger partial charge < -0.3 is 15.4 Å². The van der Waals surface area contributed by atoms with Crippen LogP contribution in [0.25, 0.3) is 11.3 Å². The van der Waals surface area contributed by atoms with Crippen molar-refractivity contribution in [3.8, 4) is 22.8 Å². The summed E-state index contributed by atoms with van der Waals surface area (Å²) in [6.45, 7) is 1.76. The van der Waals surface area contributed by atoms with E-state index in [2.05, 4.69) is 20.7 Å². The Morgan fingerprint density at radius 2 is 1.83 bits per heavy atom. The first-order valence-corrected chi connectivity index (χ1v) is 10.6. The Morgan fingerprint density at radius 3 is 2.51 bits per heavy atom. The van der Waals surface area contributed by atoms with E-state index in [0.29, 0.717) is 28.4 Å². The molecule has 0 aliphatic carbocycles. The molecule has 4 aromatic rings. The van der Waals surface area contributed by atoms with Crippen LogP contribution in [0.2, 0.25) is 5.02 Å². The second-order valence-electron chi connectivity index (χ2n) is 7.63. The Hall–Kier alpha value is -4.05. The third-order valence-corrected chi connectivity index (χ3v) is 5.27. The number of hydrogen-bond acceptors (Lipinski definition) is 4. The molecule has 7 nitrogen and oxygen atoms in total. The third kappa shape index (κ3) is 5.90. The fourth-order valence-electron chi connectivity index (χ4n) is 3.27. The molecule has 2 aromatic heterocycles. The van der Waals surface area contributed by atoms with Gasteiger partial charge in [0.15, 0.2) is 0 Å². The van der Waals surface area contributed by atoms with Gasteiger partial charge in [-0.3, -0.25) is 9.67 Å². The van der Waals surface area contributed by atoms with E-state index in [4.69, 9.17) is 16.3 Å². The van der Waals surface area contributed by atoms with Crippen molar-refractivity contribution in [1.82, 2.24) is 14.8 Å². The zero-order valence-electron chi connectivity index (χ0n) is 18.5. The van der Waals surface area contributed by atoms with E-state index in [1.54, 1.807) is 54.3 Å². The SMILES string of the molecule is Cc1cc(Oc2ccnc(-c3cnn(C)c3)c2)ccc1NC(=O)Nc1ccc(Cl)c(C(F)(F)F)c1. The maximum absolute atomic E-state index is 13.0. The molecule has 4 rings (SSSR count). The molecular weight excluding hydrogens is 483 g/mol. The molecule has 2 N–H and O–H groups in total. The molecule has 0 saturated heterocycles. The fourth-order valence-corrected chi connectivity index (χ4v) is 3.49. The van der Waals surface area contributed by atoms with Crippen molar-refractivity contribution in [3.05, 3.63) is 83.3 Å². The average Bonchev–Trinajstić information content (AvgIpc) is 3.23. The highest BCUT2D eigenvalue weighted by molar-refractivity contribution is 6.31. The molecule has 2 aromatic carbocycles. The van der Waals surface area contributed by atoms with Crippen molar-refractivity contribution < 1.29 is 22.7 Å². The fraction of sp³-hybridized carbons (Fsp3) is 0.125. The van der Waals surface area contributed by atoms with Gasteiger partial charge in [-0.1, -0.05) is 11.6 Å². The number of aromatic nitrogens is 3. The van der Waals surface area contributed by atoms with Crippen LogP contribution in [0.3, 0.4) is 0 Å². The highest BCUT2D eigenvalue weighted by Crippen LogP contribution is 2.36. The number of rotatable bonds is 5. The van der Waals surface area contributed by atoms with Gasteiger partial charge in [0.2, 0.25) is 0 Å². The molecule has 0 aliphatic heterocycles. The first-order chi connectivity index (χ1) is 16.6. The maximum atomic E-state index is 13.0. The number of carbonyl (C=O) groups excluding carboxylic acids is 1. The molecule has 0 aliphatic rings. The molecular formula is C24H19ClF3N5O2. The highest BCUT2D eigenvalue weighted by Gasteiger charge is 2.33. The number of halogens is 4. The van der Waals surface area contributed by atoms with E-state index < -0.39 is 22.8 Å². The summed E-state index contributed by atoms with van der Waals surface area (Å²) in [5.41, 5.74) is 1.63. The quantitative estimate of drug-likeness (QED) is 0.312. The van der Waals surface area contributed by atoms with Crippen molar-refractivity contribution in [1.29, 1.82) is 0 Å². The number of urea groups is 1. The van der Waals surface area contributed by atoms with Crippen LogP contribution in [-0.4, -0.2) is 20.8 Å². The van der Waals surface area contributed by atoms with Gasteiger partial charge >= 0.3 is 12.2 Å². The Bertz CT molecular complexity index is 1390. The van der Waals surface area contributed by atoms with E-state index in [9.17, 15) is 18.0 Å². The Morgan fingerprint density at radius 1 is 1.06 bits per heavy atom. The summed E-state index contributed by atoms with van der Waals surface area (Å²) in [7, 11) is 1.82. The van der Waals surface area contributed by atoms with Crippen molar-refractivity contribution in [2.75, 3.05) is 10.6 Å². The number of benzene rings is 2. The molecule has 0 unspecified atom stereocenters. The van der Waals surface area contributed by atoms with Crippen LogP contribution in [0.1, 0.15) is 11.1 Å². The lowest BCUT2D eigenvalue weighted by Crippen LogP contribution is -2.20. The van der Waals surface area contributed by atoms with Crippen LogP contribution in [0, 0.1) is 6.92 Å². The largest absolute Gasteiger partial charge is 0.457 e. The molecule has 11 heteroatoms. The minimum absolute atomic E-state index is 0.0426. The summed E-state index contributed by atoms with van der Waals surface area (Å²) in [6.07, 6.45) is 0.544. The topological polar surface area (TPSA) is 81.1 Å². The van der Waals surface area contributed by atoms with E-state index in [1.807, 2.05) is 13.2 Å². The summed E-state index contributed by atoms with van der Waals surface area (Å²) in [5.74, 6) is 1.10. The molecule has 2 amide bonds. The Labute approximate surface area is 203 Å². The zero-order valence-corrected chi connectivity index (χ0v) is 19.3. The number of alkyl halides is 3. The van der Waals surface area contributed by atoms with Gasteiger partial charge in [-0.15, -0.1) is 0 Å². The summed E-state index contributed by atoms with van der Waals surface area (Å²) >= 11 is 5.61. The maximum Gasteiger partial charge on any atom is 0.417 e. The molecule has 0 spiro atoms. The second kappa shape index (κ2) is 9.67. The van der Waals surface area contributed by atoms with Crippen molar-refractivity contribution in [2.24, 2.45) is 7.05 Å². The number of hydrogen-bond donors (Lipinski definition) is 2. The standard InChI is InChI=1S/C24H19ClF3N5O2/c1-14-9-17(35-18-7-8-29-22(11-18)15-12-30-33(2)13-15)4-6-21(14)32-23(34)31-16-3-5-20(25)19(10-16)24(26,27)28/h3-13H,1-2H3,(H2,31,32,34). The van der Waals surface area contributed by atoms with Crippen LogP contribution < -0.4 is 15.4 Å². The van der Waals surface area contributed by atoms with Crippen molar-refractivity contribution in [3.63, 3.8) is 0 Å². The Kier molecular flexibility index (Phi) is 6.65. The van der Waals surface area contributed by atoms with Gasteiger partial charge in [-0.2, -0.15) is 18.3 Å². The lowest BCUT2D eigenvalue weighted by molar-refractivity contribution is -0.137. The molecule has 0 fully saturated rings. The van der Waals surface area contributed by atoms with Crippen LogP contribution >= 0.6 is 11.6 Å². The third-order valence-electron chi connectivity index (χ3n) is 4.94. The van der Waals surface area contributed by atoms with Gasteiger partial charge in [-0.05, 0) is 55.0 Å². The molecule has 0 bridgehead atoms. The van der Waals surface area contributed by atoms with Crippen molar-refractivity contribution in [2.45, 2.75) is 13.1 Å². The summed E-state index contributed by atoms with van der Waals surface area (Å²) in [4.78, 5) is 16.7. The highest BCUT2D eigenvalue weighted by atomic mass is 35.5. The summed E-state index contributed by atoms with van der Waals surface area (Å²) in [6, 6.07) is 11.0. The lowest BCUT2D eigenvalue weighted by atomic mass is 10.2. The van der Waals surface area contributed by atoms with Gasteiger partial charge in [0.25, 0.3) is 0 Å². The number of carbonyl (C=O) groups is 1. The molecule has 2 heterocycles. The minimum atomic E-state index is -4.63. The number of anilines is 2. The smallest absolute Gasteiger partial charge is 0.417 e. The molecule has 180 valence electrons. The number of nitrogens with one attached hydrogen (secondary N) is 2. The normalized spacial score (nSPS) is 11.3. The number of pyridine rings is 1. The van der Waals surface area contributed by atoms with Gasteiger partial charge in [0.1, 0.15) is 11.5 Å². The van der Waals surface area contributed by atoms with E-state index in [0.717, 1.165) is 17.7 Å². The summed E-state index contributed by atoms with van der Waals surface area (Å²) in [5, 5.41) is 8.69. The number of amides is 2. The van der Waals surface area contributed by atoms with Gasteiger partial charge in [0, 0.05) is 42.4 Å². The second-order valence-corrected chi connectivity index (χ2v) is 8.04. The van der Waals surface area contributed by atoms with E-state index in [1.165, 1.54) is 6.07 Å². The number of aryl methyl sites for hydroxylation is 2. The lowest BCUT2D eigenvalue weighted by Gasteiger charge is -2.14. The average molecular weight is 502 g/mol. The van der Waals surface area contributed by atoms with Crippen molar-refractivity contribution >= 4 is 29.0 Å². The first kappa shape index (κ1) is 24.1. The molecule has 35 heavy (non-hydrogen) atoms. The predicted octanol–water partition coefficient (Wildman–Crippen LogP) is 6.90. The van der Waals surface area contributed by atoms with E-state index in [-0.39, 0.29) is 5.69 Å². The molecule has 0 radical (unpaired) electrons. The van der Waals surface area contributed by atoms with Crippen LogP contribution in [-0.2, 0) is 13.2 Å². The van der Waals surface area contributed by atoms with E-state index >= 15 is 0 Å². The number of ether oxygens (including phenoxy) is 1. The first-order valence-electron chi connectivity index (χ1n) is 10.3. The van der Waals surface area contributed by atoms with Crippen LogP contribution in [0.5, 0.6) is 11.5 Å². The Balaban J connectivity index is 1.43. The van der Waals surface area contributed by atoms with Crippen LogP contribution in [0.15, 0.2) is 67.1 Å². The minimum Gasteiger partial charge on any atom is -0.457 e. The number of nitrogens with zero attached hydrogens (tertiary/aromatic N) is 3. The van der Waals surface area contributed by atoms with Crippen LogP contribution in [0.4, 0.5) is 29.3 Å².